The van der Waals surface area contributed by atoms with Crippen LogP contribution < -0.4 is 5.73 Å². The Hall–Kier alpha value is -2.29. The zero-order valence-electron chi connectivity index (χ0n) is 16.4. The third kappa shape index (κ3) is 1.87. The van der Waals surface area contributed by atoms with Crippen LogP contribution in [0.4, 0.5) is 4.39 Å². The van der Waals surface area contributed by atoms with Gasteiger partial charge in [0.05, 0.1) is 11.6 Å². The van der Waals surface area contributed by atoms with Crippen LogP contribution in [0.5, 0.6) is 5.75 Å². The van der Waals surface area contributed by atoms with Gasteiger partial charge in [-0.1, -0.05) is 12.1 Å². The number of phenols is 1. The minimum Gasteiger partial charge on any atom is -0.508 e. The monoisotopic (exact) mass is 413 g/mol. The molecule has 6 rings (SSSR count). The van der Waals surface area contributed by atoms with Gasteiger partial charge in [-0.25, -0.2) is 4.39 Å². The van der Waals surface area contributed by atoms with Crippen LogP contribution in [0.3, 0.4) is 0 Å². The molecule has 1 aromatic rings. The third-order valence-corrected chi connectivity index (χ3v) is 8.32. The first kappa shape index (κ1) is 18.5. The molecule has 1 aromatic carbocycles. The maximum absolute atomic E-state index is 13.2. The predicted molar refractivity (Wildman–Crippen MR) is 106 cm³/mol. The minimum absolute atomic E-state index is 0.145. The molecule has 7 nitrogen and oxygen atoms in total. The number of aliphatic hydroxyl groups excluding tert-OH is 1. The number of hydrogen-bond acceptors (Lipinski definition) is 6. The molecule has 0 aromatic heterocycles. The van der Waals surface area contributed by atoms with Gasteiger partial charge in [-0.15, -0.1) is 0 Å². The van der Waals surface area contributed by atoms with Gasteiger partial charge >= 0.3 is 0 Å². The zero-order chi connectivity index (χ0) is 21.1. The number of amides is 1. The van der Waals surface area contributed by atoms with Gasteiger partial charge in [-0.05, 0) is 35.3 Å². The number of rotatable bonds is 3. The first-order valence-corrected chi connectivity index (χ1v) is 10.4. The number of nitrogens with zero attached hydrogens (tertiary/aromatic N) is 2. The molecule has 5 aliphatic rings. The van der Waals surface area contributed by atoms with E-state index in [0.29, 0.717) is 25.1 Å². The van der Waals surface area contributed by atoms with Crippen LogP contribution in [0.1, 0.15) is 30.4 Å². The molecule has 5 N–H and O–H groups in total. The third-order valence-electron chi connectivity index (χ3n) is 8.32. The predicted octanol–water partition coefficient (Wildman–Crippen LogP) is 0.265. The zero-order valence-corrected chi connectivity index (χ0v) is 16.4. The molecule has 2 spiro atoms. The number of halogens is 1. The van der Waals surface area contributed by atoms with Gasteiger partial charge < -0.3 is 21.1 Å². The number of hydrogen-bond donors (Lipinski definition) is 4. The molecule has 8 heteroatoms. The van der Waals surface area contributed by atoms with Crippen LogP contribution in [-0.2, 0) is 15.6 Å². The molecular formula is C22H24FN3O4. The summed E-state index contributed by atoms with van der Waals surface area (Å²) in [4.78, 5) is 18.1. The Kier molecular flexibility index (Phi) is 3.38. The number of primary amides is 1. The van der Waals surface area contributed by atoms with Gasteiger partial charge in [0.1, 0.15) is 18.3 Å². The standard InChI is InChI=1S/C22H24FN3O4/c23-3-4-26-10-20-9-21(15-6-12(27)1-2-14(15)20)8-16-11(7-22(21,30)19(20)26)5-13(17(24)28)18(29)25-16/h1-2,5-6,13,18-19,27,29-30H,3-4,7-10H2,(H2,24,28). The Morgan fingerprint density at radius 3 is 2.87 bits per heavy atom. The lowest BCUT2D eigenvalue weighted by molar-refractivity contribution is -0.134. The first-order chi connectivity index (χ1) is 14.3. The highest BCUT2D eigenvalue weighted by Gasteiger charge is 2.81. The number of carbonyl (C=O) groups excluding carboxylic acids is 1. The number of carbonyl (C=O) groups is 1. The molecule has 2 aliphatic heterocycles. The van der Waals surface area contributed by atoms with Crippen molar-refractivity contribution in [1.82, 2.24) is 4.90 Å². The molecule has 1 amide bonds. The average Bonchev–Trinajstić information content (AvgIpc) is 3.03. The van der Waals surface area contributed by atoms with Crippen molar-refractivity contribution >= 4 is 11.6 Å². The van der Waals surface area contributed by atoms with E-state index in [2.05, 4.69) is 4.99 Å². The van der Waals surface area contributed by atoms with E-state index in [-0.39, 0.29) is 30.2 Å². The maximum Gasteiger partial charge on any atom is 0.229 e. The van der Waals surface area contributed by atoms with Crippen molar-refractivity contribution in [3.8, 4) is 5.75 Å². The Morgan fingerprint density at radius 2 is 2.13 bits per heavy atom. The average molecular weight is 413 g/mol. The molecule has 6 unspecified atom stereocenters. The van der Waals surface area contributed by atoms with Crippen molar-refractivity contribution in [3.63, 3.8) is 0 Å². The Bertz CT molecular complexity index is 1060. The number of likely N-dealkylation sites (tertiary alicyclic amines) is 1. The van der Waals surface area contributed by atoms with Crippen LogP contribution >= 0.6 is 0 Å². The SMILES string of the molecule is NC(=O)C1C=C2CC3(O)C4N(CCF)CC45CC3(CC2=NC1O)c1cc(O)ccc15. The number of aliphatic hydroxyl groups is 2. The van der Waals surface area contributed by atoms with E-state index < -0.39 is 35.7 Å². The molecule has 2 heterocycles. The number of phenolic OH excluding ortho intramolecular Hbond substituents is 1. The summed E-state index contributed by atoms with van der Waals surface area (Å²) >= 11 is 0. The summed E-state index contributed by atoms with van der Waals surface area (Å²) in [6.45, 7) is 0.450. The number of aromatic hydroxyl groups is 1. The second-order valence-electron chi connectivity index (χ2n) is 9.59. The lowest BCUT2D eigenvalue weighted by Crippen LogP contribution is -2.75. The van der Waals surface area contributed by atoms with Crippen molar-refractivity contribution in [1.29, 1.82) is 0 Å². The summed E-state index contributed by atoms with van der Waals surface area (Å²) in [5.41, 5.74) is 6.73. The molecule has 3 aliphatic carbocycles. The molecule has 1 saturated heterocycles. The smallest absolute Gasteiger partial charge is 0.229 e. The molecule has 0 radical (unpaired) electrons. The number of fused-ring (bicyclic) bond motifs is 3. The van der Waals surface area contributed by atoms with E-state index in [9.17, 15) is 24.5 Å². The molecule has 2 bridgehead atoms. The second kappa shape index (κ2) is 5.49. The van der Waals surface area contributed by atoms with E-state index >= 15 is 0 Å². The molecule has 6 atom stereocenters. The number of nitrogens with two attached hydrogens (primary N) is 1. The highest BCUT2D eigenvalue weighted by atomic mass is 19.1. The Balaban J connectivity index is 1.53. The second-order valence-corrected chi connectivity index (χ2v) is 9.59. The quantitative estimate of drug-likeness (QED) is 0.567. The van der Waals surface area contributed by atoms with E-state index in [0.717, 1.165) is 16.7 Å². The summed E-state index contributed by atoms with van der Waals surface area (Å²) < 4.78 is 13.2. The van der Waals surface area contributed by atoms with E-state index in [1.807, 2.05) is 11.0 Å². The van der Waals surface area contributed by atoms with Crippen LogP contribution in [0.2, 0.25) is 0 Å². The number of aliphatic imine (C=N–C) groups is 1. The molecule has 158 valence electrons. The Labute approximate surface area is 172 Å². The highest BCUT2D eigenvalue weighted by molar-refractivity contribution is 6.05. The van der Waals surface area contributed by atoms with Crippen LogP contribution in [0.25, 0.3) is 0 Å². The van der Waals surface area contributed by atoms with E-state index in [4.69, 9.17) is 5.73 Å². The maximum atomic E-state index is 13.2. The topological polar surface area (TPSA) is 119 Å². The van der Waals surface area contributed by atoms with Crippen molar-refractivity contribution in [2.75, 3.05) is 19.8 Å². The highest BCUT2D eigenvalue weighted by Crippen LogP contribution is 2.74. The van der Waals surface area contributed by atoms with Crippen LogP contribution in [0.15, 0.2) is 34.8 Å². The lowest BCUT2D eigenvalue weighted by atomic mass is 9.54. The van der Waals surface area contributed by atoms with Crippen LogP contribution in [0, 0.1) is 5.92 Å². The minimum atomic E-state index is -1.23. The van der Waals surface area contributed by atoms with Crippen LogP contribution in [-0.4, -0.2) is 69.5 Å². The van der Waals surface area contributed by atoms with Gasteiger partial charge in [0.25, 0.3) is 0 Å². The normalized spacial score (nSPS) is 43.0. The molecule has 3 fully saturated rings. The van der Waals surface area contributed by atoms with E-state index in [1.54, 1.807) is 18.2 Å². The van der Waals surface area contributed by atoms with Crippen molar-refractivity contribution in [3.05, 3.63) is 41.0 Å². The largest absolute Gasteiger partial charge is 0.508 e. The molecular weight excluding hydrogens is 389 g/mol. The number of dihydropyridines is 1. The van der Waals surface area contributed by atoms with Crippen molar-refractivity contribution < 1.29 is 24.5 Å². The van der Waals surface area contributed by atoms with E-state index in [1.165, 1.54) is 0 Å². The lowest BCUT2D eigenvalue weighted by Gasteiger charge is -2.62. The van der Waals surface area contributed by atoms with Gasteiger partial charge in [0.2, 0.25) is 5.91 Å². The van der Waals surface area contributed by atoms with Crippen molar-refractivity contribution in [2.24, 2.45) is 16.6 Å². The summed E-state index contributed by atoms with van der Waals surface area (Å²) in [5, 5.41) is 32.7. The Morgan fingerprint density at radius 1 is 1.33 bits per heavy atom. The van der Waals surface area contributed by atoms with Gasteiger partial charge in [-0.2, -0.15) is 0 Å². The van der Waals surface area contributed by atoms with Gasteiger partial charge in [0.15, 0.2) is 6.23 Å². The van der Waals surface area contributed by atoms with Gasteiger partial charge in [-0.3, -0.25) is 14.7 Å². The van der Waals surface area contributed by atoms with Crippen molar-refractivity contribution in [2.45, 2.75) is 48.0 Å². The molecule has 2 saturated carbocycles. The first-order valence-electron chi connectivity index (χ1n) is 10.4. The number of benzene rings is 1. The summed E-state index contributed by atoms with van der Waals surface area (Å²) in [6.07, 6.45) is 1.76. The molecule has 30 heavy (non-hydrogen) atoms. The fourth-order valence-corrected chi connectivity index (χ4v) is 7.40. The summed E-state index contributed by atoms with van der Waals surface area (Å²) in [6, 6.07) is 5.11. The number of alkyl halides is 1. The fourth-order valence-electron chi connectivity index (χ4n) is 7.40. The fraction of sp³-hybridized carbons (Fsp3) is 0.545. The summed E-state index contributed by atoms with van der Waals surface area (Å²) in [5.74, 6) is -1.44. The summed E-state index contributed by atoms with van der Waals surface area (Å²) in [7, 11) is 0. The van der Waals surface area contributed by atoms with Gasteiger partial charge in [0, 0.05) is 42.5 Å².